The Balaban J connectivity index is 1.26. The predicted octanol–water partition coefficient (Wildman–Crippen LogP) is 3.18. The van der Waals surface area contributed by atoms with E-state index >= 15 is 0 Å². The van der Waals surface area contributed by atoms with Gasteiger partial charge in [0.05, 0.1) is 19.8 Å². The van der Waals surface area contributed by atoms with E-state index in [0.29, 0.717) is 18.7 Å². The molecule has 1 atom stereocenters. The number of guanidine groups is 1. The number of hydrogen-bond acceptors (Lipinski definition) is 5. The van der Waals surface area contributed by atoms with Crippen LogP contribution in [-0.4, -0.2) is 70.0 Å². The fourth-order valence-electron chi connectivity index (χ4n) is 5.02. The number of piperidine rings is 1. The van der Waals surface area contributed by atoms with E-state index in [9.17, 15) is 0 Å². The van der Waals surface area contributed by atoms with Gasteiger partial charge in [0.1, 0.15) is 11.5 Å². The average Bonchev–Trinajstić information content (AvgIpc) is 3.53. The van der Waals surface area contributed by atoms with Crippen LogP contribution < -0.4 is 20.1 Å². The van der Waals surface area contributed by atoms with Gasteiger partial charge in [-0.15, -0.1) is 0 Å². The summed E-state index contributed by atoms with van der Waals surface area (Å²) in [5.74, 6) is 3.33. The molecule has 1 saturated carbocycles. The Morgan fingerprint density at radius 2 is 1.97 bits per heavy atom. The van der Waals surface area contributed by atoms with Crippen molar-refractivity contribution in [1.82, 2.24) is 15.5 Å². The number of nitrogens with zero attached hydrogens (tertiary/aromatic N) is 2. The highest BCUT2D eigenvalue weighted by Crippen LogP contribution is 2.30. The first-order valence-corrected chi connectivity index (χ1v) is 12.3. The Labute approximate surface area is 192 Å². The molecule has 0 aromatic heterocycles. The normalized spacial score (nSPS) is 23.4. The van der Waals surface area contributed by atoms with Crippen LogP contribution in [0.15, 0.2) is 23.2 Å². The standard InChI is InChI=1S/C25H40N4O3/c1-26-25(28-21-9-12-29(13-10-21)17-19-11-14-31-18-19)27-16-20-7-8-23(30-2)15-24(20)32-22-5-3-4-6-22/h7-8,15,19,21-22H,3-6,9-14,16-18H2,1-2H3,(H2,26,27,28). The third-order valence-corrected chi connectivity index (χ3v) is 7.01. The van der Waals surface area contributed by atoms with Crippen LogP contribution >= 0.6 is 0 Å². The average molecular weight is 445 g/mol. The van der Waals surface area contributed by atoms with Crippen LogP contribution in [0.4, 0.5) is 0 Å². The number of likely N-dealkylation sites (tertiary alicyclic amines) is 1. The van der Waals surface area contributed by atoms with Gasteiger partial charge in [-0.25, -0.2) is 0 Å². The van der Waals surface area contributed by atoms with E-state index < -0.39 is 0 Å². The monoisotopic (exact) mass is 444 g/mol. The van der Waals surface area contributed by atoms with E-state index in [1.807, 2.05) is 19.2 Å². The highest BCUT2D eigenvalue weighted by Gasteiger charge is 2.24. The molecule has 32 heavy (non-hydrogen) atoms. The molecular weight excluding hydrogens is 404 g/mol. The van der Waals surface area contributed by atoms with E-state index in [2.05, 4.69) is 26.6 Å². The first-order valence-electron chi connectivity index (χ1n) is 12.3. The number of aliphatic imine (C=N–C) groups is 1. The van der Waals surface area contributed by atoms with Gasteiger partial charge >= 0.3 is 0 Å². The second-order valence-electron chi connectivity index (χ2n) is 9.37. The van der Waals surface area contributed by atoms with Crippen molar-refractivity contribution >= 4 is 5.96 Å². The zero-order valence-corrected chi connectivity index (χ0v) is 19.8. The summed E-state index contributed by atoms with van der Waals surface area (Å²) in [5.41, 5.74) is 1.13. The Morgan fingerprint density at radius 3 is 2.66 bits per heavy atom. The molecule has 2 saturated heterocycles. The fraction of sp³-hybridized carbons (Fsp3) is 0.720. The molecule has 2 N–H and O–H groups in total. The smallest absolute Gasteiger partial charge is 0.191 e. The maximum Gasteiger partial charge on any atom is 0.191 e. The molecule has 1 aromatic rings. The van der Waals surface area contributed by atoms with E-state index in [0.717, 1.165) is 80.9 Å². The SMILES string of the molecule is CN=C(NCc1ccc(OC)cc1OC1CCCC1)NC1CCN(CC2CCOC2)CC1. The molecule has 1 aliphatic carbocycles. The third-order valence-electron chi connectivity index (χ3n) is 7.01. The Morgan fingerprint density at radius 1 is 1.16 bits per heavy atom. The third kappa shape index (κ3) is 6.51. The van der Waals surface area contributed by atoms with Crippen molar-refractivity contribution < 1.29 is 14.2 Å². The lowest BCUT2D eigenvalue weighted by Gasteiger charge is -2.34. The van der Waals surface area contributed by atoms with E-state index in [1.54, 1.807) is 7.11 Å². The topological polar surface area (TPSA) is 67.4 Å². The lowest BCUT2D eigenvalue weighted by Crippen LogP contribution is -2.49. The molecule has 3 aliphatic rings. The first kappa shape index (κ1) is 23.2. The number of ether oxygens (including phenoxy) is 3. The molecule has 4 rings (SSSR count). The summed E-state index contributed by atoms with van der Waals surface area (Å²) in [6.45, 7) is 6.01. The summed E-state index contributed by atoms with van der Waals surface area (Å²) in [7, 11) is 3.54. The molecule has 0 bridgehead atoms. The molecular formula is C25H40N4O3. The molecule has 7 nitrogen and oxygen atoms in total. The maximum atomic E-state index is 6.34. The maximum absolute atomic E-state index is 6.34. The van der Waals surface area contributed by atoms with Gasteiger partial charge in [0.15, 0.2) is 5.96 Å². The van der Waals surface area contributed by atoms with Crippen molar-refractivity contribution in [3.63, 3.8) is 0 Å². The molecule has 7 heteroatoms. The highest BCUT2D eigenvalue weighted by atomic mass is 16.5. The van der Waals surface area contributed by atoms with Crippen LogP contribution in [0.2, 0.25) is 0 Å². The van der Waals surface area contributed by atoms with E-state index in [4.69, 9.17) is 14.2 Å². The van der Waals surface area contributed by atoms with Gasteiger partial charge in [0.25, 0.3) is 0 Å². The summed E-state index contributed by atoms with van der Waals surface area (Å²) in [4.78, 5) is 7.06. The van der Waals surface area contributed by atoms with Gasteiger partial charge in [-0.05, 0) is 63.0 Å². The summed E-state index contributed by atoms with van der Waals surface area (Å²) in [5, 5.41) is 7.12. The predicted molar refractivity (Wildman–Crippen MR) is 128 cm³/mol. The van der Waals surface area contributed by atoms with E-state index in [-0.39, 0.29) is 0 Å². The van der Waals surface area contributed by atoms with Crippen LogP contribution in [0, 0.1) is 5.92 Å². The van der Waals surface area contributed by atoms with Gasteiger partial charge in [-0.2, -0.15) is 0 Å². The van der Waals surface area contributed by atoms with Crippen molar-refractivity contribution in [2.75, 3.05) is 47.0 Å². The minimum atomic E-state index is 0.319. The molecule has 178 valence electrons. The second kappa shape index (κ2) is 11.8. The lowest BCUT2D eigenvalue weighted by atomic mass is 10.0. The molecule has 3 fully saturated rings. The number of hydrogen-bond donors (Lipinski definition) is 2. The van der Waals surface area contributed by atoms with Crippen molar-refractivity contribution in [3.05, 3.63) is 23.8 Å². The molecule has 1 unspecified atom stereocenters. The van der Waals surface area contributed by atoms with E-state index in [1.165, 1.54) is 25.8 Å². The summed E-state index contributed by atoms with van der Waals surface area (Å²) in [6, 6.07) is 6.56. The van der Waals surface area contributed by atoms with Crippen molar-refractivity contribution in [3.8, 4) is 11.5 Å². The quantitative estimate of drug-likeness (QED) is 0.474. The number of nitrogens with one attached hydrogen (secondary N) is 2. The van der Waals surface area contributed by atoms with Crippen molar-refractivity contribution in [1.29, 1.82) is 0 Å². The van der Waals surface area contributed by atoms with Gasteiger partial charge in [0, 0.05) is 57.5 Å². The van der Waals surface area contributed by atoms with Gasteiger partial charge in [-0.1, -0.05) is 0 Å². The fourth-order valence-corrected chi connectivity index (χ4v) is 5.02. The number of methoxy groups -OCH3 is 1. The number of rotatable bonds is 8. The Kier molecular flexibility index (Phi) is 8.51. The molecule has 2 aliphatic heterocycles. The Hall–Kier alpha value is -1.99. The molecule has 2 heterocycles. The van der Waals surface area contributed by atoms with Gasteiger partial charge in [0.2, 0.25) is 0 Å². The molecule has 0 spiro atoms. The number of benzene rings is 1. The summed E-state index contributed by atoms with van der Waals surface area (Å²) >= 11 is 0. The van der Waals surface area contributed by atoms with Gasteiger partial charge in [-0.3, -0.25) is 4.99 Å². The highest BCUT2D eigenvalue weighted by molar-refractivity contribution is 5.80. The van der Waals surface area contributed by atoms with Crippen LogP contribution in [-0.2, 0) is 11.3 Å². The lowest BCUT2D eigenvalue weighted by molar-refractivity contribution is 0.150. The second-order valence-corrected chi connectivity index (χ2v) is 9.37. The van der Waals surface area contributed by atoms with Crippen molar-refractivity contribution in [2.24, 2.45) is 10.9 Å². The van der Waals surface area contributed by atoms with Crippen LogP contribution in [0.5, 0.6) is 11.5 Å². The minimum Gasteiger partial charge on any atom is -0.497 e. The summed E-state index contributed by atoms with van der Waals surface area (Å²) in [6.07, 6.45) is 8.61. The largest absolute Gasteiger partial charge is 0.497 e. The van der Waals surface area contributed by atoms with Crippen LogP contribution in [0.25, 0.3) is 0 Å². The van der Waals surface area contributed by atoms with Crippen LogP contribution in [0.1, 0.15) is 50.5 Å². The zero-order chi connectivity index (χ0) is 22.2. The van der Waals surface area contributed by atoms with Crippen LogP contribution in [0.3, 0.4) is 0 Å². The Bertz CT molecular complexity index is 737. The molecule has 0 radical (unpaired) electrons. The summed E-state index contributed by atoms with van der Waals surface area (Å²) < 4.78 is 17.3. The molecule has 1 aromatic carbocycles. The first-order chi connectivity index (χ1) is 15.7. The van der Waals surface area contributed by atoms with Crippen molar-refractivity contribution in [2.45, 2.75) is 63.6 Å². The van der Waals surface area contributed by atoms with Gasteiger partial charge < -0.3 is 29.7 Å². The molecule has 0 amide bonds. The zero-order valence-electron chi connectivity index (χ0n) is 19.8. The minimum absolute atomic E-state index is 0.319.